The minimum Gasteiger partial charge on any atom is -0.316 e. The normalized spacial score (nSPS) is 22.7. The molecular weight excluding hydrogens is 252 g/mol. The number of piperidine rings is 1. The quantitative estimate of drug-likeness (QED) is 0.905. The number of nitrogens with zero attached hydrogens (tertiary/aromatic N) is 1. The lowest BCUT2D eigenvalue weighted by molar-refractivity contribution is 0.519. The molecule has 1 N–H and O–H groups in total. The van der Waals surface area contributed by atoms with E-state index >= 15 is 0 Å². The molecule has 3 nitrogen and oxygen atoms in total. The number of hydrogen-bond acceptors (Lipinski definition) is 4. The minimum absolute atomic E-state index is 0.226. The van der Waals surface area contributed by atoms with Crippen molar-refractivity contribution in [1.82, 2.24) is 10.3 Å². The van der Waals surface area contributed by atoms with Crippen LogP contribution in [0, 0.1) is 0 Å². The van der Waals surface area contributed by atoms with Crippen LogP contribution in [-0.4, -0.2) is 27.5 Å². The van der Waals surface area contributed by atoms with Crippen molar-refractivity contribution in [3.63, 3.8) is 0 Å². The second-order valence-electron chi connectivity index (χ2n) is 4.21. The summed E-state index contributed by atoms with van der Waals surface area (Å²) in [5, 5.41) is 3.53. The van der Waals surface area contributed by atoms with Gasteiger partial charge in [0, 0.05) is 6.54 Å². The van der Waals surface area contributed by atoms with E-state index in [1.165, 1.54) is 0 Å². The molecular formula is C12H14N2OS2. The topological polar surface area (TPSA) is 42.0 Å². The summed E-state index contributed by atoms with van der Waals surface area (Å²) in [6.07, 6.45) is 2.15. The van der Waals surface area contributed by atoms with Gasteiger partial charge in [-0.1, -0.05) is 12.1 Å². The van der Waals surface area contributed by atoms with Gasteiger partial charge < -0.3 is 5.32 Å². The van der Waals surface area contributed by atoms with E-state index in [4.69, 9.17) is 0 Å². The van der Waals surface area contributed by atoms with Crippen LogP contribution < -0.4 is 5.32 Å². The molecule has 90 valence electrons. The molecule has 0 saturated carbocycles. The zero-order valence-electron chi connectivity index (χ0n) is 9.39. The first-order valence-corrected chi connectivity index (χ1v) is 7.84. The Morgan fingerprint density at radius 1 is 1.41 bits per heavy atom. The van der Waals surface area contributed by atoms with Gasteiger partial charge in [0.15, 0.2) is 4.34 Å². The Hall–Kier alpha value is -0.780. The molecule has 2 atom stereocenters. The first-order valence-electron chi connectivity index (χ1n) is 5.81. The first kappa shape index (κ1) is 11.3. The highest BCUT2D eigenvalue weighted by Crippen LogP contribution is 2.26. The van der Waals surface area contributed by atoms with Crippen LogP contribution in [0.5, 0.6) is 0 Å². The van der Waals surface area contributed by atoms with Crippen molar-refractivity contribution < 1.29 is 4.21 Å². The largest absolute Gasteiger partial charge is 0.316 e. The van der Waals surface area contributed by atoms with Gasteiger partial charge in [-0.15, -0.1) is 11.3 Å². The number of hydrogen-bond donors (Lipinski definition) is 1. The fourth-order valence-corrected chi connectivity index (χ4v) is 4.91. The smallest absolute Gasteiger partial charge is 0.182 e. The summed E-state index contributed by atoms with van der Waals surface area (Å²) >= 11 is 1.56. The summed E-state index contributed by atoms with van der Waals surface area (Å²) in [5.74, 6) is 0. The Balaban J connectivity index is 1.89. The molecule has 17 heavy (non-hydrogen) atoms. The van der Waals surface area contributed by atoms with Crippen molar-refractivity contribution in [3.05, 3.63) is 24.3 Å². The molecule has 1 aromatic heterocycles. The predicted molar refractivity (Wildman–Crippen MR) is 71.9 cm³/mol. The highest BCUT2D eigenvalue weighted by atomic mass is 32.2. The Morgan fingerprint density at radius 2 is 2.29 bits per heavy atom. The number of rotatable bonds is 2. The Bertz CT molecular complexity index is 513. The molecule has 1 saturated heterocycles. The third-order valence-electron chi connectivity index (χ3n) is 3.00. The zero-order chi connectivity index (χ0) is 11.7. The van der Waals surface area contributed by atoms with Crippen LogP contribution in [0.3, 0.4) is 0 Å². The van der Waals surface area contributed by atoms with Gasteiger partial charge in [-0.25, -0.2) is 4.98 Å². The van der Waals surface area contributed by atoms with Gasteiger partial charge in [0.25, 0.3) is 0 Å². The van der Waals surface area contributed by atoms with Crippen molar-refractivity contribution in [2.45, 2.75) is 22.4 Å². The molecule has 1 aliphatic heterocycles. The van der Waals surface area contributed by atoms with E-state index in [0.717, 1.165) is 40.5 Å². The van der Waals surface area contributed by atoms with E-state index in [9.17, 15) is 4.21 Å². The molecule has 0 bridgehead atoms. The van der Waals surface area contributed by atoms with Crippen molar-refractivity contribution in [2.24, 2.45) is 0 Å². The average Bonchev–Trinajstić information content (AvgIpc) is 2.82. The molecule has 2 heterocycles. The van der Waals surface area contributed by atoms with Crippen molar-refractivity contribution in [1.29, 1.82) is 0 Å². The van der Waals surface area contributed by atoms with E-state index in [0.29, 0.717) is 0 Å². The lowest BCUT2D eigenvalue weighted by Gasteiger charge is -2.20. The maximum absolute atomic E-state index is 12.4. The molecule has 2 aromatic rings. The maximum Gasteiger partial charge on any atom is 0.182 e. The number of fused-ring (bicyclic) bond motifs is 1. The number of para-hydroxylation sites is 1. The fraction of sp³-hybridized carbons (Fsp3) is 0.417. The van der Waals surface area contributed by atoms with Crippen LogP contribution in [-0.2, 0) is 10.8 Å². The van der Waals surface area contributed by atoms with Gasteiger partial charge in [-0.05, 0) is 31.5 Å². The summed E-state index contributed by atoms with van der Waals surface area (Å²) in [7, 11) is -0.958. The van der Waals surface area contributed by atoms with Crippen LogP contribution in [0.25, 0.3) is 10.2 Å². The molecule has 2 unspecified atom stereocenters. The van der Waals surface area contributed by atoms with Crippen LogP contribution >= 0.6 is 11.3 Å². The molecule has 0 amide bonds. The number of thiazole rings is 1. The fourth-order valence-electron chi connectivity index (χ4n) is 2.08. The third-order valence-corrected chi connectivity index (χ3v) is 6.02. The Labute approximate surface area is 107 Å². The van der Waals surface area contributed by atoms with Gasteiger partial charge in [-0.3, -0.25) is 4.21 Å². The van der Waals surface area contributed by atoms with E-state index in [1.807, 2.05) is 24.3 Å². The highest BCUT2D eigenvalue weighted by molar-refractivity contribution is 7.88. The zero-order valence-corrected chi connectivity index (χ0v) is 11.0. The lowest BCUT2D eigenvalue weighted by Crippen LogP contribution is -2.36. The molecule has 1 aliphatic rings. The highest BCUT2D eigenvalue weighted by Gasteiger charge is 2.23. The van der Waals surface area contributed by atoms with Crippen LogP contribution in [0.4, 0.5) is 0 Å². The average molecular weight is 266 g/mol. The summed E-state index contributed by atoms with van der Waals surface area (Å²) in [6.45, 7) is 1.90. The number of nitrogens with one attached hydrogen (secondary N) is 1. The van der Waals surface area contributed by atoms with Gasteiger partial charge >= 0.3 is 0 Å². The van der Waals surface area contributed by atoms with E-state index in [2.05, 4.69) is 10.3 Å². The van der Waals surface area contributed by atoms with Crippen molar-refractivity contribution >= 4 is 32.4 Å². The standard InChI is InChI=1S/C12H14N2OS2/c15-17(9-4-3-7-13-8-9)12-14-10-5-1-2-6-11(10)16-12/h1-2,5-6,9,13H,3-4,7-8H2. The number of benzene rings is 1. The molecule has 5 heteroatoms. The molecule has 3 rings (SSSR count). The van der Waals surface area contributed by atoms with Gasteiger partial charge in [0.05, 0.1) is 26.3 Å². The summed E-state index contributed by atoms with van der Waals surface area (Å²) in [4.78, 5) is 4.48. The van der Waals surface area contributed by atoms with Gasteiger partial charge in [0.1, 0.15) is 0 Å². The lowest BCUT2D eigenvalue weighted by atomic mass is 10.2. The van der Waals surface area contributed by atoms with Crippen LogP contribution in [0.15, 0.2) is 28.6 Å². The SMILES string of the molecule is O=S(c1nc2ccccc2s1)C1CCCNC1. The molecule has 1 fully saturated rings. The van der Waals surface area contributed by atoms with E-state index in [-0.39, 0.29) is 5.25 Å². The summed E-state index contributed by atoms with van der Waals surface area (Å²) in [6, 6.07) is 7.98. The summed E-state index contributed by atoms with van der Waals surface area (Å²) < 4.78 is 14.3. The Morgan fingerprint density at radius 3 is 3.06 bits per heavy atom. The molecule has 0 radical (unpaired) electrons. The van der Waals surface area contributed by atoms with E-state index in [1.54, 1.807) is 11.3 Å². The maximum atomic E-state index is 12.4. The minimum atomic E-state index is -0.958. The van der Waals surface area contributed by atoms with Gasteiger partial charge in [0.2, 0.25) is 0 Å². The van der Waals surface area contributed by atoms with Crippen LogP contribution in [0.2, 0.25) is 0 Å². The predicted octanol–water partition coefficient (Wildman–Crippen LogP) is 2.16. The van der Waals surface area contributed by atoms with Crippen LogP contribution in [0.1, 0.15) is 12.8 Å². The van der Waals surface area contributed by atoms with Crippen molar-refractivity contribution in [2.75, 3.05) is 13.1 Å². The first-order chi connectivity index (χ1) is 8.34. The second kappa shape index (κ2) is 4.84. The van der Waals surface area contributed by atoms with Crippen molar-refractivity contribution in [3.8, 4) is 0 Å². The number of aromatic nitrogens is 1. The molecule has 1 aromatic carbocycles. The second-order valence-corrected chi connectivity index (χ2v) is 7.15. The monoisotopic (exact) mass is 266 g/mol. The third kappa shape index (κ3) is 2.27. The van der Waals surface area contributed by atoms with E-state index < -0.39 is 10.8 Å². The molecule has 0 spiro atoms. The van der Waals surface area contributed by atoms with Gasteiger partial charge in [-0.2, -0.15) is 0 Å². The summed E-state index contributed by atoms with van der Waals surface area (Å²) in [5.41, 5.74) is 0.963. The Kier molecular flexibility index (Phi) is 3.22. The molecule has 0 aliphatic carbocycles.